The van der Waals surface area contributed by atoms with Crippen molar-refractivity contribution in [2.24, 2.45) is 0 Å². The van der Waals surface area contributed by atoms with Crippen LogP contribution >= 0.6 is 0 Å². The number of hydrogen-bond acceptors (Lipinski definition) is 2. The molecule has 0 aromatic heterocycles. The molecule has 0 heterocycles. The van der Waals surface area contributed by atoms with Crippen LogP contribution in [0.2, 0.25) is 0 Å². The van der Waals surface area contributed by atoms with Crippen LogP contribution in [0.4, 0.5) is 4.39 Å². The number of unbranched alkanes of at least 4 members (excludes halogenated alkanes) is 1. The second-order valence-corrected chi connectivity index (χ2v) is 5.55. The SMILES string of the molecule is CCCCN(C)Cc1cc(CNC(C)C)ccc1F. The number of nitrogens with one attached hydrogen (secondary N) is 1. The Balaban J connectivity index is 2.63. The Labute approximate surface area is 117 Å². The lowest BCUT2D eigenvalue weighted by atomic mass is 10.1. The van der Waals surface area contributed by atoms with Gasteiger partial charge in [0.1, 0.15) is 5.82 Å². The molecule has 0 aliphatic rings. The molecule has 0 aliphatic carbocycles. The van der Waals surface area contributed by atoms with E-state index in [1.807, 2.05) is 19.2 Å². The fourth-order valence-corrected chi connectivity index (χ4v) is 1.98. The van der Waals surface area contributed by atoms with Crippen LogP contribution in [0.25, 0.3) is 0 Å². The number of benzene rings is 1. The molecule has 2 nitrogen and oxygen atoms in total. The Hall–Kier alpha value is -0.930. The van der Waals surface area contributed by atoms with Gasteiger partial charge in [-0.15, -0.1) is 0 Å². The number of nitrogens with zero attached hydrogens (tertiary/aromatic N) is 1. The Morgan fingerprint density at radius 1 is 1.32 bits per heavy atom. The van der Waals surface area contributed by atoms with E-state index in [0.29, 0.717) is 12.6 Å². The lowest BCUT2D eigenvalue weighted by Crippen LogP contribution is -2.22. The van der Waals surface area contributed by atoms with E-state index in [2.05, 4.69) is 31.0 Å². The van der Waals surface area contributed by atoms with Crippen molar-refractivity contribution in [3.63, 3.8) is 0 Å². The Morgan fingerprint density at radius 3 is 2.68 bits per heavy atom. The summed E-state index contributed by atoms with van der Waals surface area (Å²) in [5, 5.41) is 3.36. The zero-order valence-corrected chi connectivity index (χ0v) is 12.7. The van der Waals surface area contributed by atoms with Gasteiger partial charge in [0, 0.05) is 24.7 Å². The molecule has 0 aliphatic heterocycles. The molecule has 0 radical (unpaired) electrons. The summed E-state index contributed by atoms with van der Waals surface area (Å²) < 4.78 is 13.8. The third-order valence-corrected chi connectivity index (χ3v) is 3.16. The minimum atomic E-state index is -0.100. The second-order valence-electron chi connectivity index (χ2n) is 5.55. The summed E-state index contributed by atoms with van der Waals surface area (Å²) in [7, 11) is 2.05. The van der Waals surface area contributed by atoms with E-state index < -0.39 is 0 Å². The minimum Gasteiger partial charge on any atom is -0.310 e. The highest BCUT2D eigenvalue weighted by Gasteiger charge is 2.07. The fraction of sp³-hybridized carbons (Fsp3) is 0.625. The predicted octanol–water partition coefficient (Wildman–Crippen LogP) is 3.56. The zero-order valence-electron chi connectivity index (χ0n) is 12.7. The number of hydrogen-bond donors (Lipinski definition) is 1. The quantitative estimate of drug-likeness (QED) is 0.774. The number of halogens is 1. The monoisotopic (exact) mass is 266 g/mol. The van der Waals surface area contributed by atoms with Gasteiger partial charge in [0.2, 0.25) is 0 Å². The average molecular weight is 266 g/mol. The lowest BCUT2D eigenvalue weighted by Gasteiger charge is -2.17. The van der Waals surface area contributed by atoms with Crippen LogP contribution in [0, 0.1) is 5.82 Å². The summed E-state index contributed by atoms with van der Waals surface area (Å²) >= 11 is 0. The summed E-state index contributed by atoms with van der Waals surface area (Å²) in [6.45, 7) is 8.90. The van der Waals surface area contributed by atoms with Crippen molar-refractivity contribution in [2.45, 2.75) is 52.7 Å². The lowest BCUT2D eigenvalue weighted by molar-refractivity contribution is 0.315. The molecule has 1 rings (SSSR count). The Bertz CT molecular complexity index is 377. The van der Waals surface area contributed by atoms with E-state index in [9.17, 15) is 4.39 Å². The zero-order chi connectivity index (χ0) is 14.3. The third kappa shape index (κ3) is 6.17. The maximum absolute atomic E-state index is 13.8. The van der Waals surface area contributed by atoms with Crippen molar-refractivity contribution in [3.05, 3.63) is 35.1 Å². The molecule has 3 heteroatoms. The highest BCUT2D eigenvalue weighted by molar-refractivity contribution is 5.25. The van der Waals surface area contributed by atoms with E-state index in [1.54, 1.807) is 6.07 Å². The Morgan fingerprint density at radius 2 is 2.05 bits per heavy atom. The molecular formula is C16H27FN2. The average Bonchev–Trinajstić information content (AvgIpc) is 2.37. The first kappa shape index (κ1) is 16.1. The van der Waals surface area contributed by atoms with E-state index in [-0.39, 0.29) is 5.82 Å². The topological polar surface area (TPSA) is 15.3 Å². The van der Waals surface area contributed by atoms with E-state index in [0.717, 1.165) is 30.6 Å². The van der Waals surface area contributed by atoms with Crippen molar-refractivity contribution in [2.75, 3.05) is 13.6 Å². The summed E-state index contributed by atoms with van der Waals surface area (Å²) in [5.74, 6) is -0.100. The summed E-state index contributed by atoms with van der Waals surface area (Å²) in [5.41, 5.74) is 1.94. The van der Waals surface area contributed by atoms with Crippen molar-refractivity contribution >= 4 is 0 Å². The van der Waals surface area contributed by atoms with Gasteiger partial charge in [-0.3, -0.25) is 0 Å². The van der Waals surface area contributed by atoms with Gasteiger partial charge in [0.25, 0.3) is 0 Å². The van der Waals surface area contributed by atoms with Crippen LogP contribution in [0.15, 0.2) is 18.2 Å². The van der Waals surface area contributed by atoms with E-state index in [4.69, 9.17) is 0 Å². The molecule has 0 atom stereocenters. The Kier molecular flexibility index (Phi) is 7.03. The number of rotatable bonds is 8. The molecule has 0 saturated carbocycles. The third-order valence-electron chi connectivity index (χ3n) is 3.16. The second kappa shape index (κ2) is 8.28. The van der Waals surface area contributed by atoms with Crippen LogP contribution in [0.5, 0.6) is 0 Å². The first-order valence-corrected chi connectivity index (χ1v) is 7.22. The molecule has 108 valence electrons. The van der Waals surface area contributed by atoms with Crippen molar-refractivity contribution in [1.82, 2.24) is 10.2 Å². The molecular weight excluding hydrogens is 239 g/mol. The van der Waals surface area contributed by atoms with Gasteiger partial charge in [-0.1, -0.05) is 39.3 Å². The molecule has 0 amide bonds. The molecule has 1 aromatic rings. The highest BCUT2D eigenvalue weighted by atomic mass is 19.1. The van der Waals surface area contributed by atoms with Gasteiger partial charge in [0.15, 0.2) is 0 Å². The van der Waals surface area contributed by atoms with Gasteiger partial charge in [-0.2, -0.15) is 0 Å². The molecule has 0 spiro atoms. The molecule has 0 bridgehead atoms. The van der Waals surface area contributed by atoms with Crippen LogP contribution in [0.3, 0.4) is 0 Å². The molecule has 0 saturated heterocycles. The summed E-state index contributed by atoms with van der Waals surface area (Å²) in [6, 6.07) is 5.87. The van der Waals surface area contributed by atoms with Crippen LogP contribution in [0.1, 0.15) is 44.7 Å². The standard InChI is InChI=1S/C16H27FN2/c1-5-6-9-19(4)12-15-10-14(7-8-16(15)17)11-18-13(2)3/h7-8,10,13,18H,5-6,9,11-12H2,1-4H3. The minimum absolute atomic E-state index is 0.100. The molecule has 1 N–H and O–H groups in total. The summed E-state index contributed by atoms with van der Waals surface area (Å²) in [6.07, 6.45) is 2.33. The van der Waals surface area contributed by atoms with Gasteiger partial charge >= 0.3 is 0 Å². The first-order valence-electron chi connectivity index (χ1n) is 7.22. The highest BCUT2D eigenvalue weighted by Crippen LogP contribution is 2.13. The van der Waals surface area contributed by atoms with Gasteiger partial charge in [-0.25, -0.2) is 4.39 Å². The van der Waals surface area contributed by atoms with Crippen LogP contribution in [-0.2, 0) is 13.1 Å². The predicted molar refractivity (Wildman–Crippen MR) is 79.6 cm³/mol. The smallest absolute Gasteiger partial charge is 0.127 e. The van der Waals surface area contributed by atoms with Crippen LogP contribution in [-0.4, -0.2) is 24.5 Å². The van der Waals surface area contributed by atoms with Crippen molar-refractivity contribution in [1.29, 1.82) is 0 Å². The summed E-state index contributed by atoms with van der Waals surface area (Å²) in [4.78, 5) is 2.18. The molecule has 0 fully saturated rings. The van der Waals surface area contributed by atoms with Gasteiger partial charge in [0.05, 0.1) is 0 Å². The fourth-order valence-electron chi connectivity index (χ4n) is 1.98. The van der Waals surface area contributed by atoms with Crippen molar-refractivity contribution < 1.29 is 4.39 Å². The first-order chi connectivity index (χ1) is 9.02. The normalized spacial score (nSPS) is 11.5. The van der Waals surface area contributed by atoms with E-state index in [1.165, 1.54) is 6.42 Å². The van der Waals surface area contributed by atoms with Gasteiger partial charge < -0.3 is 10.2 Å². The molecule has 0 unspecified atom stereocenters. The molecule has 1 aromatic carbocycles. The van der Waals surface area contributed by atoms with Crippen molar-refractivity contribution in [3.8, 4) is 0 Å². The van der Waals surface area contributed by atoms with E-state index >= 15 is 0 Å². The maximum atomic E-state index is 13.8. The van der Waals surface area contributed by atoms with Crippen LogP contribution < -0.4 is 5.32 Å². The largest absolute Gasteiger partial charge is 0.310 e. The maximum Gasteiger partial charge on any atom is 0.127 e. The molecule has 19 heavy (non-hydrogen) atoms. The van der Waals surface area contributed by atoms with Gasteiger partial charge in [-0.05, 0) is 31.6 Å².